The Morgan fingerprint density at radius 2 is 2.16 bits per heavy atom. The molecule has 1 unspecified atom stereocenters. The van der Waals surface area contributed by atoms with Crippen molar-refractivity contribution in [2.45, 2.75) is 33.2 Å². The lowest BCUT2D eigenvalue weighted by atomic mass is 10.0. The lowest BCUT2D eigenvalue weighted by Gasteiger charge is -2.32. The van der Waals surface area contributed by atoms with E-state index in [0.717, 1.165) is 11.4 Å². The van der Waals surface area contributed by atoms with E-state index in [2.05, 4.69) is 10.4 Å². The summed E-state index contributed by atoms with van der Waals surface area (Å²) in [6.07, 6.45) is 2.43. The third-order valence-corrected chi connectivity index (χ3v) is 3.19. The molecule has 2 amide bonds. The predicted molar refractivity (Wildman–Crippen MR) is 71.7 cm³/mol. The van der Waals surface area contributed by atoms with E-state index < -0.39 is 6.04 Å². The molecule has 0 saturated carbocycles. The molecule has 1 aliphatic rings. The van der Waals surface area contributed by atoms with E-state index in [-0.39, 0.29) is 18.4 Å². The summed E-state index contributed by atoms with van der Waals surface area (Å²) >= 11 is 0. The Balaban J connectivity index is 2.27. The fourth-order valence-corrected chi connectivity index (χ4v) is 2.40. The number of hydrogen-bond donors (Lipinski definition) is 1. The fraction of sp³-hybridized carbons (Fsp3) is 0.615. The zero-order valence-corrected chi connectivity index (χ0v) is 11.8. The van der Waals surface area contributed by atoms with Crippen molar-refractivity contribution in [3.8, 4) is 0 Å². The van der Waals surface area contributed by atoms with Crippen LogP contribution in [0.3, 0.4) is 0 Å². The van der Waals surface area contributed by atoms with Gasteiger partial charge < -0.3 is 5.32 Å². The van der Waals surface area contributed by atoms with E-state index in [0.29, 0.717) is 12.3 Å². The molecule has 0 aromatic carbocycles. The molecule has 1 N–H and O–H groups in total. The Morgan fingerprint density at radius 3 is 2.68 bits per heavy atom. The highest BCUT2D eigenvalue weighted by atomic mass is 16.2. The highest BCUT2D eigenvalue weighted by Crippen LogP contribution is 2.22. The van der Waals surface area contributed by atoms with E-state index >= 15 is 0 Å². The Labute approximate surface area is 112 Å². The first kappa shape index (κ1) is 13.6. The molecule has 0 radical (unpaired) electrons. The second-order valence-electron chi connectivity index (χ2n) is 5.45. The van der Waals surface area contributed by atoms with E-state index in [1.165, 1.54) is 4.90 Å². The van der Waals surface area contributed by atoms with E-state index in [9.17, 15) is 9.59 Å². The number of anilines is 1. The number of nitrogens with zero attached hydrogens (tertiary/aromatic N) is 3. The lowest BCUT2D eigenvalue weighted by molar-refractivity contribution is -0.131. The number of piperazine rings is 1. The largest absolute Gasteiger partial charge is 0.343 e. The van der Waals surface area contributed by atoms with Crippen molar-refractivity contribution in [1.82, 2.24) is 15.1 Å². The van der Waals surface area contributed by atoms with Crippen LogP contribution in [0.5, 0.6) is 0 Å². The molecule has 0 bridgehead atoms. The van der Waals surface area contributed by atoms with Gasteiger partial charge in [-0.15, -0.1) is 0 Å². The summed E-state index contributed by atoms with van der Waals surface area (Å²) in [6, 6.07) is -0.430. The first-order chi connectivity index (χ1) is 8.88. The maximum Gasteiger partial charge on any atom is 0.250 e. The van der Waals surface area contributed by atoms with Gasteiger partial charge in [-0.3, -0.25) is 19.2 Å². The number of nitrogens with one attached hydrogen (secondary N) is 1. The van der Waals surface area contributed by atoms with Crippen LogP contribution in [0.4, 0.5) is 5.69 Å². The molecule has 1 atom stereocenters. The van der Waals surface area contributed by atoms with Gasteiger partial charge in [0.25, 0.3) is 0 Å². The molecule has 1 aromatic heterocycles. The summed E-state index contributed by atoms with van der Waals surface area (Å²) in [5.74, 6) is 0.182. The second-order valence-corrected chi connectivity index (χ2v) is 5.45. The van der Waals surface area contributed by atoms with Gasteiger partial charge in [0.2, 0.25) is 11.8 Å². The minimum Gasteiger partial charge on any atom is -0.343 e. The van der Waals surface area contributed by atoms with Gasteiger partial charge in [0.1, 0.15) is 12.6 Å². The minimum absolute atomic E-state index is 0.0515. The van der Waals surface area contributed by atoms with Gasteiger partial charge in [0.15, 0.2) is 0 Å². The van der Waals surface area contributed by atoms with Crippen LogP contribution < -0.4 is 10.2 Å². The normalized spacial score (nSPS) is 20.1. The first-order valence-corrected chi connectivity index (χ1v) is 6.49. The van der Waals surface area contributed by atoms with Gasteiger partial charge in [-0.2, -0.15) is 5.10 Å². The lowest BCUT2D eigenvalue weighted by Crippen LogP contribution is -2.58. The van der Waals surface area contributed by atoms with Crippen molar-refractivity contribution >= 4 is 17.5 Å². The van der Waals surface area contributed by atoms with Gasteiger partial charge in [0.05, 0.1) is 11.4 Å². The van der Waals surface area contributed by atoms with Crippen LogP contribution in [-0.4, -0.2) is 34.2 Å². The van der Waals surface area contributed by atoms with Crippen LogP contribution in [0.1, 0.15) is 26.0 Å². The molecule has 6 heteroatoms. The topological polar surface area (TPSA) is 67.2 Å². The predicted octanol–water partition coefficient (Wildman–Crippen LogP) is 0.606. The van der Waals surface area contributed by atoms with Crippen molar-refractivity contribution in [2.24, 2.45) is 13.0 Å². The van der Waals surface area contributed by atoms with Crippen LogP contribution in [-0.2, 0) is 16.6 Å². The molecular weight excluding hydrogens is 244 g/mol. The Kier molecular flexibility index (Phi) is 3.59. The Hall–Kier alpha value is -1.85. The number of carbonyl (C=O) groups is 2. The van der Waals surface area contributed by atoms with Gasteiger partial charge in [-0.25, -0.2) is 0 Å². The summed E-state index contributed by atoms with van der Waals surface area (Å²) in [6.45, 7) is 5.98. The average Bonchev–Trinajstić information content (AvgIpc) is 2.62. The highest BCUT2D eigenvalue weighted by Gasteiger charge is 2.34. The molecule has 1 aromatic rings. The highest BCUT2D eigenvalue weighted by molar-refractivity contribution is 6.06. The number of carbonyl (C=O) groups excluding carboxylic acids is 2. The maximum atomic E-state index is 12.4. The zero-order chi connectivity index (χ0) is 14.2. The number of aryl methyl sites for hydroxylation is 2. The number of aromatic nitrogens is 2. The Morgan fingerprint density at radius 1 is 1.47 bits per heavy atom. The van der Waals surface area contributed by atoms with Crippen molar-refractivity contribution in [3.63, 3.8) is 0 Å². The summed E-state index contributed by atoms with van der Waals surface area (Å²) < 4.78 is 1.65. The average molecular weight is 264 g/mol. The third kappa shape index (κ3) is 2.77. The molecule has 2 heterocycles. The van der Waals surface area contributed by atoms with E-state index in [1.807, 2.05) is 20.8 Å². The SMILES string of the molecule is Cc1nn(C)cc1N1CC(=O)NC(CC(C)C)C1=O. The molecule has 6 nitrogen and oxygen atoms in total. The standard InChI is InChI=1S/C13H20N4O2/c1-8(2)5-10-13(19)17(7-12(18)14-10)11-6-16(4)15-9(11)3/h6,8,10H,5,7H2,1-4H3,(H,14,18). The van der Waals surface area contributed by atoms with E-state index in [1.54, 1.807) is 17.9 Å². The molecule has 1 saturated heterocycles. The first-order valence-electron chi connectivity index (χ1n) is 6.49. The quantitative estimate of drug-likeness (QED) is 0.869. The monoisotopic (exact) mass is 264 g/mol. The van der Waals surface area contributed by atoms with Crippen LogP contribution in [0.25, 0.3) is 0 Å². The van der Waals surface area contributed by atoms with Crippen LogP contribution in [0.15, 0.2) is 6.20 Å². The second kappa shape index (κ2) is 5.03. The molecule has 104 valence electrons. The molecule has 0 spiro atoms. The number of amides is 2. The van der Waals surface area contributed by atoms with Crippen molar-refractivity contribution < 1.29 is 9.59 Å². The van der Waals surface area contributed by atoms with Crippen LogP contribution >= 0.6 is 0 Å². The number of hydrogen-bond acceptors (Lipinski definition) is 3. The van der Waals surface area contributed by atoms with Crippen molar-refractivity contribution in [1.29, 1.82) is 0 Å². The summed E-state index contributed by atoms with van der Waals surface area (Å²) in [4.78, 5) is 25.7. The maximum absolute atomic E-state index is 12.4. The van der Waals surface area contributed by atoms with Gasteiger partial charge in [-0.1, -0.05) is 13.8 Å². The van der Waals surface area contributed by atoms with Crippen LogP contribution in [0.2, 0.25) is 0 Å². The Bertz CT molecular complexity index is 507. The van der Waals surface area contributed by atoms with Gasteiger partial charge >= 0.3 is 0 Å². The zero-order valence-electron chi connectivity index (χ0n) is 11.8. The molecule has 2 rings (SSSR count). The van der Waals surface area contributed by atoms with Crippen molar-refractivity contribution in [2.75, 3.05) is 11.4 Å². The molecule has 19 heavy (non-hydrogen) atoms. The fourth-order valence-electron chi connectivity index (χ4n) is 2.40. The van der Waals surface area contributed by atoms with Gasteiger partial charge in [-0.05, 0) is 19.3 Å². The summed E-state index contributed by atoms with van der Waals surface area (Å²) in [5.41, 5.74) is 1.48. The van der Waals surface area contributed by atoms with Crippen LogP contribution in [0, 0.1) is 12.8 Å². The minimum atomic E-state index is -0.430. The molecular formula is C13H20N4O2. The van der Waals surface area contributed by atoms with E-state index in [4.69, 9.17) is 0 Å². The molecule has 1 fully saturated rings. The molecule has 0 aliphatic carbocycles. The number of rotatable bonds is 3. The van der Waals surface area contributed by atoms with Crippen molar-refractivity contribution in [3.05, 3.63) is 11.9 Å². The molecule has 1 aliphatic heterocycles. The smallest absolute Gasteiger partial charge is 0.250 e. The summed E-state index contributed by atoms with van der Waals surface area (Å²) in [7, 11) is 1.80. The third-order valence-electron chi connectivity index (χ3n) is 3.19. The summed E-state index contributed by atoms with van der Waals surface area (Å²) in [5, 5.41) is 6.99. The van der Waals surface area contributed by atoms with Gasteiger partial charge in [0, 0.05) is 13.2 Å².